The number of nitro groups is 1. The van der Waals surface area contributed by atoms with Crippen molar-refractivity contribution in [2.24, 2.45) is 0 Å². The zero-order valence-electron chi connectivity index (χ0n) is 6.58. The summed E-state index contributed by atoms with van der Waals surface area (Å²) >= 11 is 4.17. The van der Waals surface area contributed by atoms with Gasteiger partial charge in [-0.1, -0.05) is 0 Å². The van der Waals surface area contributed by atoms with E-state index in [1.807, 2.05) is 0 Å². The average molecular weight is 266 g/mol. The summed E-state index contributed by atoms with van der Waals surface area (Å²) in [6.45, 7) is 0. The minimum absolute atomic E-state index is 0.201. The Kier molecular flexibility index (Phi) is 3.27. The Morgan fingerprint density at radius 1 is 1.62 bits per heavy atom. The zero-order valence-corrected chi connectivity index (χ0v) is 8.99. The van der Waals surface area contributed by atoms with Crippen LogP contribution in [0.25, 0.3) is 0 Å². The standard InChI is InChI=1S/C7H5BrFNO2S/c1-13-7-2-4(8)5(9)3-6(7)10(11)12/h2-3H,1H3. The lowest BCUT2D eigenvalue weighted by atomic mass is 10.3. The minimum atomic E-state index is -0.621. The van der Waals surface area contributed by atoms with Crippen molar-refractivity contribution < 1.29 is 9.31 Å². The van der Waals surface area contributed by atoms with Crippen molar-refractivity contribution in [3.8, 4) is 0 Å². The molecule has 3 nitrogen and oxygen atoms in total. The van der Waals surface area contributed by atoms with E-state index < -0.39 is 10.7 Å². The van der Waals surface area contributed by atoms with E-state index >= 15 is 0 Å². The Balaban J connectivity index is 3.33. The molecule has 0 aliphatic rings. The van der Waals surface area contributed by atoms with Crippen LogP contribution in [0.1, 0.15) is 0 Å². The fourth-order valence-electron chi connectivity index (χ4n) is 0.824. The van der Waals surface area contributed by atoms with Crippen LogP contribution < -0.4 is 0 Å². The number of benzene rings is 1. The van der Waals surface area contributed by atoms with Gasteiger partial charge in [0.1, 0.15) is 5.82 Å². The van der Waals surface area contributed by atoms with E-state index in [2.05, 4.69) is 15.9 Å². The van der Waals surface area contributed by atoms with E-state index in [0.29, 0.717) is 4.90 Å². The van der Waals surface area contributed by atoms with E-state index in [1.165, 1.54) is 17.8 Å². The molecule has 0 saturated heterocycles. The molecule has 0 unspecified atom stereocenters. The molecule has 1 aromatic rings. The van der Waals surface area contributed by atoms with Gasteiger partial charge in [-0.25, -0.2) is 4.39 Å². The third kappa shape index (κ3) is 2.19. The molecule has 0 bridgehead atoms. The van der Waals surface area contributed by atoms with Crippen molar-refractivity contribution in [1.82, 2.24) is 0 Å². The SMILES string of the molecule is CSc1cc(Br)c(F)cc1[N+](=O)[O-]. The topological polar surface area (TPSA) is 43.1 Å². The van der Waals surface area contributed by atoms with Gasteiger partial charge in [0.15, 0.2) is 0 Å². The van der Waals surface area contributed by atoms with Crippen LogP contribution in [0.3, 0.4) is 0 Å². The minimum Gasteiger partial charge on any atom is -0.258 e. The first kappa shape index (κ1) is 10.5. The highest BCUT2D eigenvalue weighted by Gasteiger charge is 2.16. The fraction of sp³-hybridized carbons (Fsp3) is 0.143. The molecular weight excluding hydrogens is 261 g/mol. The van der Waals surface area contributed by atoms with Gasteiger partial charge in [-0.15, -0.1) is 11.8 Å². The highest BCUT2D eigenvalue weighted by molar-refractivity contribution is 9.10. The van der Waals surface area contributed by atoms with Crippen LogP contribution in [0.5, 0.6) is 0 Å². The number of rotatable bonds is 2. The molecular formula is C7H5BrFNO2S. The van der Waals surface area contributed by atoms with Crippen LogP contribution in [0.4, 0.5) is 10.1 Å². The van der Waals surface area contributed by atoms with Crippen molar-refractivity contribution >= 4 is 33.4 Å². The van der Waals surface area contributed by atoms with E-state index in [9.17, 15) is 14.5 Å². The molecule has 0 spiro atoms. The van der Waals surface area contributed by atoms with Gasteiger partial charge in [0.2, 0.25) is 0 Å². The lowest BCUT2D eigenvalue weighted by molar-refractivity contribution is -0.387. The number of halogens is 2. The molecule has 0 aliphatic carbocycles. The van der Waals surface area contributed by atoms with Crippen LogP contribution in [-0.2, 0) is 0 Å². The van der Waals surface area contributed by atoms with Crippen molar-refractivity contribution in [3.05, 3.63) is 32.5 Å². The third-order valence-electron chi connectivity index (χ3n) is 1.42. The van der Waals surface area contributed by atoms with Crippen LogP contribution in [0, 0.1) is 15.9 Å². The molecule has 70 valence electrons. The van der Waals surface area contributed by atoms with Gasteiger partial charge < -0.3 is 0 Å². The van der Waals surface area contributed by atoms with Crippen LogP contribution in [0.15, 0.2) is 21.5 Å². The molecule has 0 heterocycles. The number of hydrogen-bond donors (Lipinski definition) is 0. The molecule has 0 aliphatic heterocycles. The number of nitro benzene ring substituents is 1. The Labute approximate surface area is 86.6 Å². The Hall–Kier alpha value is -0.620. The summed E-state index contributed by atoms with van der Waals surface area (Å²) in [5.41, 5.74) is -0.201. The maximum Gasteiger partial charge on any atom is 0.285 e. The summed E-state index contributed by atoms with van der Waals surface area (Å²) in [5.74, 6) is -0.621. The fourth-order valence-corrected chi connectivity index (χ4v) is 1.90. The second-order valence-corrected chi connectivity index (χ2v) is 3.90. The molecule has 1 aromatic carbocycles. The molecule has 0 N–H and O–H groups in total. The highest BCUT2D eigenvalue weighted by atomic mass is 79.9. The second-order valence-electron chi connectivity index (χ2n) is 2.20. The summed E-state index contributed by atoms with van der Waals surface area (Å²) in [7, 11) is 0. The smallest absolute Gasteiger partial charge is 0.258 e. The van der Waals surface area contributed by atoms with Crippen molar-refractivity contribution in [3.63, 3.8) is 0 Å². The molecule has 0 saturated carbocycles. The van der Waals surface area contributed by atoms with E-state index in [1.54, 1.807) is 6.26 Å². The normalized spacial score (nSPS) is 10.1. The Morgan fingerprint density at radius 3 is 2.69 bits per heavy atom. The molecule has 0 amide bonds. The second kappa shape index (κ2) is 4.06. The van der Waals surface area contributed by atoms with Gasteiger partial charge in [0, 0.05) is 0 Å². The highest BCUT2D eigenvalue weighted by Crippen LogP contribution is 2.32. The van der Waals surface area contributed by atoms with Gasteiger partial charge in [-0.2, -0.15) is 0 Å². The van der Waals surface area contributed by atoms with Crippen molar-refractivity contribution in [2.75, 3.05) is 6.26 Å². The molecule has 0 radical (unpaired) electrons. The van der Waals surface area contributed by atoms with E-state index in [0.717, 1.165) is 6.07 Å². The van der Waals surface area contributed by atoms with Crippen LogP contribution in [0.2, 0.25) is 0 Å². The molecule has 1 rings (SSSR count). The third-order valence-corrected chi connectivity index (χ3v) is 2.79. The molecule has 0 aromatic heterocycles. The maximum atomic E-state index is 12.9. The van der Waals surface area contributed by atoms with Crippen molar-refractivity contribution in [2.45, 2.75) is 4.90 Å². The monoisotopic (exact) mass is 265 g/mol. The first-order valence-corrected chi connectivity index (χ1v) is 5.25. The lowest BCUT2D eigenvalue weighted by Crippen LogP contribution is -1.92. The van der Waals surface area contributed by atoms with Gasteiger partial charge in [0.25, 0.3) is 5.69 Å². The summed E-state index contributed by atoms with van der Waals surface area (Å²) < 4.78 is 13.1. The first-order chi connectivity index (χ1) is 6.06. The zero-order chi connectivity index (χ0) is 10.0. The summed E-state index contributed by atoms with van der Waals surface area (Å²) in [6.07, 6.45) is 1.70. The summed E-state index contributed by atoms with van der Waals surface area (Å²) in [5, 5.41) is 10.5. The summed E-state index contributed by atoms with van der Waals surface area (Å²) in [4.78, 5) is 10.3. The largest absolute Gasteiger partial charge is 0.285 e. The molecule has 13 heavy (non-hydrogen) atoms. The van der Waals surface area contributed by atoms with E-state index in [4.69, 9.17) is 0 Å². The van der Waals surface area contributed by atoms with Gasteiger partial charge >= 0.3 is 0 Å². The Morgan fingerprint density at radius 2 is 2.23 bits per heavy atom. The quantitative estimate of drug-likeness (QED) is 0.469. The van der Waals surface area contributed by atoms with Crippen molar-refractivity contribution in [1.29, 1.82) is 0 Å². The predicted octanol–water partition coefficient (Wildman–Crippen LogP) is 3.22. The van der Waals surface area contributed by atoms with Gasteiger partial charge in [-0.05, 0) is 28.3 Å². The van der Waals surface area contributed by atoms with Crippen LogP contribution in [-0.4, -0.2) is 11.2 Å². The number of nitrogens with zero attached hydrogens (tertiary/aromatic N) is 1. The van der Waals surface area contributed by atoms with E-state index in [-0.39, 0.29) is 10.2 Å². The van der Waals surface area contributed by atoms with Crippen LogP contribution >= 0.6 is 27.7 Å². The average Bonchev–Trinajstić information content (AvgIpc) is 2.08. The number of thioether (sulfide) groups is 1. The maximum absolute atomic E-state index is 12.9. The summed E-state index contributed by atoms with van der Waals surface area (Å²) in [6, 6.07) is 2.31. The lowest BCUT2D eigenvalue weighted by Gasteiger charge is -2.00. The Bertz CT molecular complexity index is 359. The van der Waals surface area contributed by atoms with Gasteiger partial charge in [0.05, 0.1) is 20.4 Å². The molecule has 0 fully saturated rings. The first-order valence-electron chi connectivity index (χ1n) is 3.23. The predicted molar refractivity (Wildman–Crippen MR) is 52.5 cm³/mol. The molecule has 0 atom stereocenters. The van der Waals surface area contributed by atoms with Gasteiger partial charge in [-0.3, -0.25) is 10.1 Å². The number of hydrogen-bond acceptors (Lipinski definition) is 3. The molecule has 6 heteroatoms.